The van der Waals surface area contributed by atoms with Gasteiger partial charge in [-0.3, -0.25) is 9.69 Å². The Labute approximate surface area is 153 Å². The number of methoxy groups -OCH3 is 1. The lowest BCUT2D eigenvalue weighted by Gasteiger charge is -2.35. The first kappa shape index (κ1) is 17.0. The lowest BCUT2D eigenvalue weighted by molar-refractivity contribution is -0.144. The summed E-state index contributed by atoms with van der Waals surface area (Å²) in [6, 6.07) is 11.9. The molecule has 2 unspecified atom stereocenters. The van der Waals surface area contributed by atoms with E-state index in [-0.39, 0.29) is 5.97 Å². The molecule has 1 aliphatic carbocycles. The highest BCUT2D eigenvalue weighted by Crippen LogP contribution is 2.55. The number of piperazine rings is 1. The van der Waals surface area contributed by atoms with Crippen molar-refractivity contribution in [3.8, 4) is 0 Å². The van der Waals surface area contributed by atoms with Crippen molar-refractivity contribution in [1.82, 2.24) is 14.9 Å². The van der Waals surface area contributed by atoms with E-state index in [1.165, 1.54) is 7.11 Å². The normalized spacial score (nSPS) is 25.7. The number of carbonyl (C=O) groups is 1. The van der Waals surface area contributed by atoms with Crippen LogP contribution in [0.3, 0.4) is 0 Å². The second-order valence-electron chi connectivity index (χ2n) is 7.07. The van der Waals surface area contributed by atoms with Crippen LogP contribution in [-0.4, -0.2) is 60.7 Å². The quantitative estimate of drug-likeness (QED) is 0.764. The van der Waals surface area contributed by atoms with Crippen molar-refractivity contribution in [2.24, 2.45) is 5.92 Å². The zero-order valence-corrected chi connectivity index (χ0v) is 15.0. The van der Waals surface area contributed by atoms with Crippen LogP contribution in [0.5, 0.6) is 0 Å². The summed E-state index contributed by atoms with van der Waals surface area (Å²) in [5, 5.41) is 0. The molecule has 2 heterocycles. The molecule has 0 bridgehead atoms. The summed E-state index contributed by atoms with van der Waals surface area (Å²) < 4.78 is 5.14. The van der Waals surface area contributed by atoms with Crippen molar-refractivity contribution in [1.29, 1.82) is 0 Å². The highest BCUT2D eigenvalue weighted by molar-refractivity contribution is 5.87. The Morgan fingerprint density at radius 1 is 1.12 bits per heavy atom. The Hall–Kier alpha value is -2.47. The maximum Gasteiger partial charge on any atom is 0.316 e. The standard InChI is InChI=1S/C20H24N4O2/c1-26-18(25)20(16-6-3-2-4-7-16)14-17(20)15-23-10-12-24(13-11-23)19-21-8-5-9-22-19/h2-9,17H,10-15H2,1H3. The van der Waals surface area contributed by atoms with Crippen LogP contribution >= 0.6 is 0 Å². The smallest absolute Gasteiger partial charge is 0.316 e. The summed E-state index contributed by atoms with van der Waals surface area (Å²) in [5.41, 5.74) is 0.614. The molecule has 136 valence electrons. The van der Waals surface area contributed by atoms with Crippen molar-refractivity contribution in [2.75, 3.05) is 44.7 Å². The molecule has 4 rings (SSSR count). The maximum absolute atomic E-state index is 12.5. The predicted molar refractivity (Wildman–Crippen MR) is 98.9 cm³/mol. The van der Waals surface area contributed by atoms with Crippen LogP contribution in [0.2, 0.25) is 0 Å². The summed E-state index contributed by atoms with van der Waals surface area (Å²) in [6.07, 6.45) is 4.43. The Morgan fingerprint density at radius 3 is 2.46 bits per heavy atom. The summed E-state index contributed by atoms with van der Waals surface area (Å²) in [5.74, 6) is 1.01. The molecule has 1 saturated heterocycles. The number of aromatic nitrogens is 2. The number of nitrogens with zero attached hydrogens (tertiary/aromatic N) is 4. The fraction of sp³-hybridized carbons (Fsp3) is 0.450. The SMILES string of the molecule is COC(=O)C1(c2ccccc2)CC1CN1CCN(c2ncccn2)CC1. The van der Waals surface area contributed by atoms with E-state index in [0.717, 1.165) is 50.7 Å². The van der Waals surface area contributed by atoms with E-state index < -0.39 is 5.41 Å². The summed E-state index contributed by atoms with van der Waals surface area (Å²) >= 11 is 0. The molecule has 1 aromatic carbocycles. The van der Waals surface area contributed by atoms with Crippen molar-refractivity contribution in [3.05, 3.63) is 54.4 Å². The number of anilines is 1. The van der Waals surface area contributed by atoms with Gasteiger partial charge in [-0.25, -0.2) is 9.97 Å². The van der Waals surface area contributed by atoms with Crippen molar-refractivity contribution >= 4 is 11.9 Å². The summed E-state index contributed by atoms with van der Waals surface area (Å²) in [7, 11) is 1.49. The van der Waals surface area contributed by atoms with Gasteiger partial charge < -0.3 is 9.64 Å². The summed E-state index contributed by atoms with van der Waals surface area (Å²) in [4.78, 5) is 25.8. The first-order valence-electron chi connectivity index (χ1n) is 9.12. The molecule has 0 spiro atoms. The average Bonchev–Trinajstić information content (AvgIpc) is 3.44. The number of carbonyl (C=O) groups excluding carboxylic acids is 1. The third kappa shape index (κ3) is 3.05. The van der Waals surface area contributed by atoms with Gasteiger partial charge in [0, 0.05) is 45.1 Å². The number of rotatable bonds is 5. The van der Waals surface area contributed by atoms with E-state index in [4.69, 9.17) is 4.74 Å². The highest BCUT2D eigenvalue weighted by atomic mass is 16.5. The van der Waals surface area contributed by atoms with E-state index in [0.29, 0.717) is 5.92 Å². The van der Waals surface area contributed by atoms with Gasteiger partial charge in [0.2, 0.25) is 5.95 Å². The minimum Gasteiger partial charge on any atom is -0.468 e. The van der Waals surface area contributed by atoms with Gasteiger partial charge in [-0.15, -0.1) is 0 Å². The van der Waals surface area contributed by atoms with E-state index in [1.807, 2.05) is 36.4 Å². The van der Waals surface area contributed by atoms with Crippen LogP contribution in [0.4, 0.5) is 5.95 Å². The Bertz CT molecular complexity index is 747. The average molecular weight is 352 g/mol. The van der Waals surface area contributed by atoms with Gasteiger partial charge in [-0.05, 0) is 24.0 Å². The molecule has 1 saturated carbocycles. The largest absolute Gasteiger partial charge is 0.468 e. The molecule has 0 radical (unpaired) electrons. The molecule has 6 heteroatoms. The van der Waals surface area contributed by atoms with Gasteiger partial charge in [-0.1, -0.05) is 30.3 Å². The van der Waals surface area contributed by atoms with Crippen molar-refractivity contribution in [3.63, 3.8) is 0 Å². The zero-order valence-electron chi connectivity index (χ0n) is 15.0. The Balaban J connectivity index is 1.39. The molecule has 2 atom stereocenters. The van der Waals surface area contributed by atoms with Crippen LogP contribution in [0.15, 0.2) is 48.8 Å². The highest BCUT2D eigenvalue weighted by Gasteiger charge is 2.62. The van der Waals surface area contributed by atoms with Crippen LogP contribution < -0.4 is 4.90 Å². The summed E-state index contributed by atoms with van der Waals surface area (Å²) in [6.45, 7) is 4.66. The fourth-order valence-electron chi connectivity index (χ4n) is 4.09. The number of esters is 1. The number of hydrogen-bond acceptors (Lipinski definition) is 6. The van der Waals surface area contributed by atoms with Crippen molar-refractivity contribution in [2.45, 2.75) is 11.8 Å². The topological polar surface area (TPSA) is 58.6 Å². The van der Waals surface area contributed by atoms with Gasteiger partial charge in [0.1, 0.15) is 0 Å². The number of ether oxygens (including phenoxy) is 1. The van der Waals surface area contributed by atoms with E-state index in [2.05, 4.69) is 19.8 Å². The molecule has 6 nitrogen and oxygen atoms in total. The van der Waals surface area contributed by atoms with Gasteiger partial charge in [0.25, 0.3) is 0 Å². The molecular weight excluding hydrogens is 328 g/mol. The second-order valence-corrected chi connectivity index (χ2v) is 7.07. The van der Waals surface area contributed by atoms with Gasteiger partial charge in [0.05, 0.1) is 12.5 Å². The lowest BCUT2D eigenvalue weighted by Crippen LogP contribution is -2.48. The molecule has 26 heavy (non-hydrogen) atoms. The third-order valence-electron chi connectivity index (χ3n) is 5.63. The van der Waals surface area contributed by atoms with Crippen molar-refractivity contribution < 1.29 is 9.53 Å². The molecular formula is C20H24N4O2. The lowest BCUT2D eigenvalue weighted by atomic mass is 9.93. The molecule has 2 aliphatic rings. The minimum atomic E-state index is -0.463. The Morgan fingerprint density at radius 2 is 1.81 bits per heavy atom. The number of hydrogen-bond donors (Lipinski definition) is 0. The first-order chi connectivity index (χ1) is 12.7. The zero-order chi connectivity index (χ0) is 18.0. The fourth-order valence-corrected chi connectivity index (χ4v) is 4.09. The number of benzene rings is 1. The van der Waals surface area contributed by atoms with Crippen LogP contribution in [0.1, 0.15) is 12.0 Å². The van der Waals surface area contributed by atoms with Gasteiger partial charge >= 0.3 is 5.97 Å². The molecule has 0 N–H and O–H groups in total. The van der Waals surface area contributed by atoms with Crippen LogP contribution in [0, 0.1) is 5.92 Å². The van der Waals surface area contributed by atoms with Gasteiger partial charge in [-0.2, -0.15) is 0 Å². The third-order valence-corrected chi connectivity index (χ3v) is 5.63. The molecule has 1 aliphatic heterocycles. The molecule has 2 aromatic rings. The van der Waals surface area contributed by atoms with Crippen LogP contribution in [0.25, 0.3) is 0 Å². The predicted octanol–water partition coefficient (Wildman–Crippen LogP) is 1.73. The van der Waals surface area contributed by atoms with Crippen LogP contribution in [-0.2, 0) is 14.9 Å². The molecule has 2 fully saturated rings. The van der Waals surface area contributed by atoms with E-state index >= 15 is 0 Å². The van der Waals surface area contributed by atoms with E-state index in [9.17, 15) is 4.79 Å². The molecule has 1 aromatic heterocycles. The van der Waals surface area contributed by atoms with E-state index in [1.54, 1.807) is 12.4 Å². The van der Waals surface area contributed by atoms with Gasteiger partial charge in [0.15, 0.2) is 0 Å². The monoisotopic (exact) mass is 352 g/mol. The second kappa shape index (κ2) is 7.03. The Kier molecular flexibility index (Phi) is 4.59. The molecule has 0 amide bonds. The first-order valence-corrected chi connectivity index (χ1v) is 9.12. The maximum atomic E-state index is 12.5. The minimum absolute atomic E-state index is 0.106.